The molecule has 0 radical (unpaired) electrons. The second-order valence-electron chi connectivity index (χ2n) is 9.44. The highest BCUT2D eigenvalue weighted by atomic mass is 16.7. The zero-order valence-electron chi connectivity index (χ0n) is 17.6. The third-order valence-electron chi connectivity index (χ3n) is 7.36. The van der Waals surface area contributed by atoms with Gasteiger partial charge in [-0.1, -0.05) is 51.1 Å². The molecular formula is C23H31BO4. The van der Waals surface area contributed by atoms with E-state index < -0.39 is 7.12 Å². The van der Waals surface area contributed by atoms with Crippen LogP contribution < -0.4 is 0 Å². The molecule has 2 bridgehead atoms. The molecule has 1 aromatic carbocycles. The van der Waals surface area contributed by atoms with Crippen LogP contribution in [-0.4, -0.2) is 31.4 Å². The first-order valence-corrected chi connectivity index (χ1v) is 10.5. The Morgan fingerprint density at radius 3 is 2.68 bits per heavy atom. The first-order valence-electron chi connectivity index (χ1n) is 10.5. The second-order valence-corrected chi connectivity index (χ2v) is 9.44. The third-order valence-corrected chi connectivity index (χ3v) is 7.36. The first kappa shape index (κ1) is 19.7. The van der Waals surface area contributed by atoms with Crippen molar-refractivity contribution in [3.63, 3.8) is 0 Å². The van der Waals surface area contributed by atoms with E-state index in [0.717, 1.165) is 12.0 Å². The van der Waals surface area contributed by atoms with Gasteiger partial charge < -0.3 is 14.0 Å². The molecule has 5 atom stereocenters. The van der Waals surface area contributed by atoms with Crippen molar-refractivity contribution in [1.82, 2.24) is 0 Å². The molecule has 0 amide bonds. The van der Waals surface area contributed by atoms with E-state index >= 15 is 0 Å². The average molecular weight is 382 g/mol. The highest BCUT2D eigenvalue weighted by molar-refractivity contribution is 6.49. The summed E-state index contributed by atoms with van der Waals surface area (Å²) in [4.78, 5) is 12.7. The minimum absolute atomic E-state index is 0.0973. The van der Waals surface area contributed by atoms with Crippen LogP contribution in [0.25, 0.3) is 6.08 Å². The average Bonchev–Trinajstić information content (AvgIpc) is 3.03. The Bertz CT molecular complexity index is 774. The fourth-order valence-electron chi connectivity index (χ4n) is 5.42. The summed E-state index contributed by atoms with van der Waals surface area (Å²) >= 11 is 0. The van der Waals surface area contributed by atoms with Crippen LogP contribution >= 0.6 is 0 Å². The summed E-state index contributed by atoms with van der Waals surface area (Å²) in [5.74, 6) is 0.719. The van der Waals surface area contributed by atoms with E-state index in [9.17, 15) is 4.79 Å². The lowest BCUT2D eigenvalue weighted by molar-refractivity contribution is -0.185. The van der Waals surface area contributed by atoms with E-state index in [4.69, 9.17) is 14.0 Å². The van der Waals surface area contributed by atoms with Gasteiger partial charge in [-0.3, -0.25) is 0 Å². The molecule has 5 rings (SSSR count). The van der Waals surface area contributed by atoms with Crippen LogP contribution in [0.3, 0.4) is 0 Å². The number of hydrogen-bond donors (Lipinski definition) is 0. The topological polar surface area (TPSA) is 44.8 Å². The maximum atomic E-state index is 12.7. The molecule has 0 spiro atoms. The van der Waals surface area contributed by atoms with E-state index in [1.165, 1.54) is 6.42 Å². The Morgan fingerprint density at radius 2 is 2.04 bits per heavy atom. The van der Waals surface area contributed by atoms with Gasteiger partial charge in [0.2, 0.25) is 0 Å². The fourth-order valence-corrected chi connectivity index (χ4v) is 5.42. The minimum Gasteiger partial charge on any atom is -0.463 e. The van der Waals surface area contributed by atoms with Crippen molar-refractivity contribution < 1.29 is 18.8 Å². The number of carbonyl (C=O) groups is 1. The molecule has 3 unspecified atom stereocenters. The number of carbonyl (C=O) groups excluding carboxylic acids is 1. The van der Waals surface area contributed by atoms with Crippen molar-refractivity contribution in [3.05, 3.63) is 41.5 Å². The lowest BCUT2D eigenvalue weighted by Crippen LogP contribution is -2.63. The van der Waals surface area contributed by atoms with Crippen LogP contribution in [0.5, 0.6) is 0 Å². The van der Waals surface area contributed by atoms with Gasteiger partial charge in [-0.25, -0.2) is 4.79 Å². The smallest absolute Gasteiger partial charge is 0.463 e. The summed E-state index contributed by atoms with van der Waals surface area (Å²) in [6.45, 7) is 11.1. The zero-order chi connectivity index (χ0) is 20.1. The van der Waals surface area contributed by atoms with Gasteiger partial charge in [0.25, 0.3) is 0 Å². The first-order chi connectivity index (χ1) is 13.3. The summed E-state index contributed by atoms with van der Waals surface area (Å²) in [6, 6.07) is 9.87. The normalized spacial score (nSPS) is 34.4. The number of esters is 1. The van der Waals surface area contributed by atoms with Crippen molar-refractivity contribution >= 4 is 19.2 Å². The highest BCUT2D eigenvalue weighted by Crippen LogP contribution is 2.65. The quantitative estimate of drug-likeness (QED) is 0.419. The van der Waals surface area contributed by atoms with Crippen LogP contribution in [0.2, 0.25) is 5.82 Å². The summed E-state index contributed by atoms with van der Waals surface area (Å²) in [5, 5.41) is 0. The predicted molar refractivity (Wildman–Crippen MR) is 111 cm³/mol. The standard InChI is InChI=1S/C23H31BO4/c1-6-26-21(25)18(12-16-10-8-7-9-11-16)15(2)24-27-20-19-13-17(22(19,3)4)14-23(20,5)28-24/h7-12,15,17,19-20H,6,13-14H2,1-5H3/b18-12+/t15?,17?,19?,20-,23+/m0/s1. The zero-order valence-corrected chi connectivity index (χ0v) is 17.6. The number of ether oxygens (including phenoxy) is 1. The fraction of sp³-hybridized carbons (Fsp3) is 0.609. The van der Waals surface area contributed by atoms with Gasteiger partial charge in [-0.15, -0.1) is 0 Å². The largest absolute Gasteiger partial charge is 0.465 e. The predicted octanol–water partition coefficient (Wildman–Crippen LogP) is 4.75. The van der Waals surface area contributed by atoms with Gasteiger partial charge >= 0.3 is 13.1 Å². The number of rotatable bonds is 5. The Hall–Kier alpha value is -1.59. The molecule has 1 saturated heterocycles. The molecule has 0 aromatic heterocycles. The Kier molecular flexibility index (Phi) is 4.95. The maximum Gasteiger partial charge on any atom is 0.465 e. The Labute approximate surface area is 168 Å². The summed E-state index contributed by atoms with van der Waals surface area (Å²) in [5.41, 5.74) is 1.64. The monoisotopic (exact) mass is 382 g/mol. The number of benzene rings is 1. The third kappa shape index (κ3) is 3.13. The van der Waals surface area contributed by atoms with Crippen molar-refractivity contribution in [1.29, 1.82) is 0 Å². The van der Waals surface area contributed by atoms with Crippen molar-refractivity contribution in [2.24, 2.45) is 17.3 Å². The van der Waals surface area contributed by atoms with E-state index in [1.807, 2.05) is 50.3 Å². The number of hydrogen-bond acceptors (Lipinski definition) is 4. The lowest BCUT2D eigenvalue weighted by atomic mass is 9.45. The van der Waals surface area contributed by atoms with Crippen LogP contribution in [0.1, 0.15) is 53.0 Å². The van der Waals surface area contributed by atoms with Crippen LogP contribution in [0, 0.1) is 17.3 Å². The second kappa shape index (κ2) is 7.03. The van der Waals surface area contributed by atoms with Gasteiger partial charge in [-0.05, 0) is 55.6 Å². The van der Waals surface area contributed by atoms with Gasteiger partial charge in [0, 0.05) is 11.4 Å². The molecule has 1 aromatic rings. The van der Waals surface area contributed by atoms with Crippen molar-refractivity contribution in [2.75, 3.05) is 6.61 Å². The van der Waals surface area contributed by atoms with Crippen LogP contribution in [-0.2, 0) is 18.8 Å². The molecule has 1 aliphatic heterocycles. The molecule has 4 aliphatic rings. The van der Waals surface area contributed by atoms with Gasteiger partial charge in [0.15, 0.2) is 0 Å². The van der Waals surface area contributed by atoms with Crippen LogP contribution in [0.15, 0.2) is 35.9 Å². The molecular weight excluding hydrogens is 351 g/mol. The molecule has 3 aliphatic carbocycles. The van der Waals surface area contributed by atoms with E-state index in [0.29, 0.717) is 29.4 Å². The summed E-state index contributed by atoms with van der Waals surface area (Å²) in [7, 11) is -0.426. The van der Waals surface area contributed by atoms with Crippen molar-refractivity contribution in [3.8, 4) is 0 Å². The van der Waals surface area contributed by atoms with E-state index in [1.54, 1.807) is 0 Å². The molecule has 0 N–H and O–H groups in total. The van der Waals surface area contributed by atoms with E-state index in [2.05, 4.69) is 20.8 Å². The lowest BCUT2D eigenvalue weighted by Gasteiger charge is -2.63. The molecule has 4 nitrogen and oxygen atoms in total. The minimum atomic E-state index is -0.426. The SMILES string of the molecule is CCOC(=O)/C(=C/c1ccccc1)C(C)B1O[C@H]2C3CC(C[C@@]2(C)O1)C3(C)C. The molecule has 150 valence electrons. The maximum absolute atomic E-state index is 12.7. The van der Waals surface area contributed by atoms with Crippen molar-refractivity contribution in [2.45, 2.75) is 65.0 Å². The summed E-state index contributed by atoms with van der Waals surface area (Å²) in [6.07, 6.45) is 4.26. The summed E-state index contributed by atoms with van der Waals surface area (Å²) < 4.78 is 18.3. The van der Waals surface area contributed by atoms with E-state index in [-0.39, 0.29) is 23.5 Å². The van der Waals surface area contributed by atoms with Crippen LogP contribution in [0.4, 0.5) is 0 Å². The molecule has 28 heavy (non-hydrogen) atoms. The molecule has 1 heterocycles. The molecule has 3 saturated carbocycles. The Balaban J connectivity index is 1.59. The molecule has 5 heteroatoms. The Morgan fingerprint density at radius 1 is 1.32 bits per heavy atom. The van der Waals surface area contributed by atoms with Gasteiger partial charge in [0.1, 0.15) is 0 Å². The molecule has 4 fully saturated rings. The van der Waals surface area contributed by atoms with Gasteiger partial charge in [0.05, 0.1) is 18.3 Å². The highest BCUT2D eigenvalue weighted by Gasteiger charge is 2.67. The van der Waals surface area contributed by atoms with Gasteiger partial charge in [-0.2, -0.15) is 0 Å².